The Morgan fingerprint density at radius 3 is 2.27 bits per heavy atom. The van der Waals surface area contributed by atoms with E-state index in [4.69, 9.17) is 13.9 Å². The molecule has 4 aromatic rings. The highest BCUT2D eigenvalue weighted by Crippen LogP contribution is 2.27. The number of aromatic nitrogens is 1. The molecule has 1 fully saturated rings. The van der Waals surface area contributed by atoms with Crippen LogP contribution in [-0.4, -0.2) is 65.4 Å². The van der Waals surface area contributed by atoms with Crippen LogP contribution in [0.2, 0.25) is 0 Å². The fourth-order valence-corrected chi connectivity index (χ4v) is 4.89. The minimum absolute atomic E-state index is 0.278. The number of hydrogen-bond acceptors (Lipinski definition) is 8. The van der Waals surface area contributed by atoms with Gasteiger partial charge in [-0.1, -0.05) is 18.2 Å². The third-order valence-electron chi connectivity index (χ3n) is 6.93. The van der Waals surface area contributed by atoms with E-state index in [1.807, 2.05) is 51.1 Å². The fourth-order valence-electron chi connectivity index (χ4n) is 4.89. The monoisotopic (exact) mass is 613 g/mol. The van der Waals surface area contributed by atoms with Crippen molar-refractivity contribution in [2.75, 3.05) is 36.1 Å². The molecule has 0 saturated carbocycles. The van der Waals surface area contributed by atoms with E-state index >= 15 is 0 Å². The molecule has 0 radical (unpaired) electrons. The molecule has 1 N–H and O–H groups in total. The van der Waals surface area contributed by atoms with E-state index in [1.165, 1.54) is 6.20 Å². The summed E-state index contributed by atoms with van der Waals surface area (Å²) in [5, 5.41) is 1.92. The van der Waals surface area contributed by atoms with Crippen LogP contribution in [0.3, 0.4) is 0 Å². The van der Waals surface area contributed by atoms with Gasteiger partial charge in [-0.15, -0.1) is 0 Å². The van der Waals surface area contributed by atoms with Crippen LogP contribution in [0.15, 0.2) is 77.5 Å². The topological polar surface area (TPSA) is 117 Å². The number of piperazine rings is 1. The van der Waals surface area contributed by atoms with Crippen molar-refractivity contribution in [2.45, 2.75) is 52.7 Å². The van der Waals surface area contributed by atoms with Crippen LogP contribution < -0.4 is 15.3 Å². The highest BCUT2D eigenvalue weighted by molar-refractivity contribution is 6.08. The molecule has 5 rings (SSSR count). The molecule has 0 unspecified atom stereocenters. The number of carbonyl (C=O) groups excluding carboxylic acids is 3. The molecule has 2 aromatic carbocycles. The van der Waals surface area contributed by atoms with Crippen molar-refractivity contribution in [3.8, 4) is 11.3 Å². The number of carbonyl (C=O) groups is 3. The highest BCUT2D eigenvalue weighted by Gasteiger charge is 2.27. The normalized spacial score (nSPS) is 13.8. The molecule has 11 heteroatoms. The standard InChI is InChI=1S/C34H39N5O6/c1-33(2,3)44-31(41)36-39(27-10-7-9-24(20-27)29-11-8-18-43-29)30(40)25-19-23-12-13-26(21-28(23)35-22-25)37-14-16-38(17-15-37)32(42)45-34(4,5)6/h7-13,18-22H,14-17H2,1-6H3,(H,36,41). The molecule has 236 valence electrons. The Labute approximate surface area is 262 Å². The minimum Gasteiger partial charge on any atom is -0.464 e. The van der Waals surface area contributed by atoms with Gasteiger partial charge in [0.2, 0.25) is 0 Å². The molecule has 1 aliphatic rings. The second-order valence-electron chi connectivity index (χ2n) is 12.8. The Morgan fingerprint density at radius 2 is 1.60 bits per heavy atom. The van der Waals surface area contributed by atoms with Crippen LogP contribution in [0.4, 0.5) is 21.0 Å². The summed E-state index contributed by atoms with van der Waals surface area (Å²) in [6, 6.07) is 18.3. The Morgan fingerprint density at radius 1 is 0.867 bits per heavy atom. The van der Waals surface area contributed by atoms with Gasteiger partial charge in [-0.25, -0.2) is 20.0 Å². The molecule has 0 aliphatic carbocycles. The molecular formula is C34H39N5O6. The molecule has 2 aromatic heterocycles. The number of rotatable bonds is 4. The molecule has 1 aliphatic heterocycles. The van der Waals surface area contributed by atoms with Crippen molar-refractivity contribution in [3.63, 3.8) is 0 Å². The summed E-state index contributed by atoms with van der Waals surface area (Å²) in [7, 11) is 0. The number of furan rings is 1. The lowest BCUT2D eigenvalue weighted by Gasteiger charge is -2.36. The predicted octanol–water partition coefficient (Wildman–Crippen LogP) is 6.64. The maximum atomic E-state index is 13.9. The number of benzene rings is 2. The SMILES string of the molecule is CC(C)(C)OC(=O)NN(C(=O)c1cnc2cc(N3CCN(C(=O)OC(C)(C)C)CC3)ccc2c1)c1cccc(-c2ccco2)c1. The van der Waals surface area contributed by atoms with Crippen LogP contribution in [0.5, 0.6) is 0 Å². The minimum atomic E-state index is -0.774. The van der Waals surface area contributed by atoms with E-state index in [2.05, 4.69) is 15.3 Å². The van der Waals surface area contributed by atoms with Gasteiger partial charge in [0.15, 0.2) is 0 Å². The van der Waals surface area contributed by atoms with Crippen molar-refractivity contribution >= 4 is 40.4 Å². The highest BCUT2D eigenvalue weighted by atomic mass is 16.6. The molecule has 0 atom stereocenters. The van der Waals surface area contributed by atoms with Crippen molar-refractivity contribution in [3.05, 3.63) is 78.7 Å². The lowest BCUT2D eigenvalue weighted by molar-refractivity contribution is 0.0240. The first-order valence-electron chi connectivity index (χ1n) is 14.9. The zero-order valence-corrected chi connectivity index (χ0v) is 26.5. The first kappa shape index (κ1) is 31.4. The van der Waals surface area contributed by atoms with Gasteiger partial charge in [0, 0.05) is 49.0 Å². The molecular weight excluding hydrogens is 574 g/mol. The molecule has 1 saturated heterocycles. The van der Waals surface area contributed by atoms with Crippen molar-refractivity contribution in [2.24, 2.45) is 0 Å². The summed E-state index contributed by atoms with van der Waals surface area (Å²) >= 11 is 0. The smallest absolute Gasteiger partial charge is 0.427 e. The Hall–Kier alpha value is -5.06. The Balaban J connectivity index is 1.36. The van der Waals surface area contributed by atoms with Crippen LogP contribution >= 0.6 is 0 Å². The van der Waals surface area contributed by atoms with E-state index in [1.54, 1.807) is 62.3 Å². The third-order valence-corrected chi connectivity index (χ3v) is 6.93. The number of fused-ring (bicyclic) bond motifs is 1. The van der Waals surface area contributed by atoms with Gasteiger partial charge in [-0.2, -0.15) is 0 Å². The summed E-state index contributed by atoms with van der Waals surface area (Å²) in [6.07, 6.45) is 1.99. The third kappa shape index (κ3) is 7.91. The molecule has 3 heterocycles. The number of anilines is 2. The maximum Gasteiger partial charge on any atom is 0.427 e. The summed E-state index contributed by atoms with van der Waals surface area (Å²) < 4.78 is 16.5. The second kappa shape index (κ2) is 12.5. The molecule has 0 bridgehead atoms. The fraction of sp³-hybridized carbons (Fsp3) is 0.353. The maximum absolute atomic E-state index is 13.9. The lowest BCUT2D eigenvalue weighted by Crippen LogP contribution is -2.50. The van der Waals surface area contributed by atoms with Gasteiger partial charge in [0.1, 0.15) is 17.0 Å². The van der Waals surface area contributed by atoms with Crippen LogP contribution in [0, 0.1) is 0 Å². The first-order valence-corrected chi connectivity index (χ1v) is 14.9. The number of nitrogens with zero attached hydrogens (tertiary/aromatic N) is 4. The summed E-state index contributed by atoms with van der Waals surface area (Å²) in [6.45, 7) is 13.2. The summed E-state index contributed by atoms with van der Waals surface area (Å²) in [5.74, 6) is 0.130. The molecule has 11 nitrogen and oxygen atoms in total. The molecule has 3 amide bonds. The van der Waals surface area contributed by atoms with Gasteiger partial charge in [0.05, 0.1) is 23.0 Å². The first-order chi connectivity index (χ1) is 21.3. The number of ether oxygens (including phenoxy) is 2. The van der Waals surface area contributed by atoms with Gasteiger partial charge >= 0.3 is 12.2 Å². The number of hydrogen-bond donors (Lipinski definition) is 1. The van der Waals surface area contributed by atoms with E-state index < -0.39 is 23.2 Å². The summed E-state index contributed by atoms with van der Waals surface area (Å²) in [5.41, 5.74) is 4.42. The average Bonchev–Trinajstić information content (AvgIpc) is 3.53. The van der Waals surface area contributed by atoms with Gasteiger partial charge in [0.25, 0.3) is 5.91 Å². The molecule has 0 spiro atoms. The van der Waals surface area contributed by atoms with Crippen LogP contribution in [0.1, 0.15) is 51.9 Å². The predicted molar refractivity (Wildman–Crippen MR) is 172 cm³/mol. The van der Waals surface area contributed by atoms with Gasteiger partial charge < -0.3 is 23.7 Å². The quantitative estimate of drug-likeness (QED) is 0.255. The zero-order chi connectivity index (χ0) is 32.4. The Bertz CT molecular complexity index is 1680. The van der Waals surface area contributed by atoms with Crippen molar-refractivity contribution in [1.82, 2.24) is 15.3 Å². The average molecular weight is 614 g/mol. The summed E-state index contributed by atoms with van der Waals surface area (Å²) in [4.78, 5) is 47.7. The van der Waals surface area contributed by atoms with Gasteiger partial charge in [-0.3, -0.25) is 9.78 Å². The van der Waals surface area contributed by atoms with E-state index in [9.17, 15) is 14.4 Å². The van der Waals surface area contributed by atoms with Crippen molar-refractivity contribution < 1.29 is 28.3 Å². The van der Waals surface area contributed by atoms with E-state index in [0.29, 0.717) is 43.1 Å². The van der Waals surface area contributed by atoms with E-state index in [0.717, 1.165) is 21.6 Å². The number of pyridine rings is 1. The number of hydrazine groups is 1. The largest absolute Gasteiger partial charge is 0.464 e. The number of amides is 3. The van der Waals surface area contributed by atoms with Gasteiger partial charge in [-0.05, 0) is 84.0 Å². The van der Waals surface area contributed by atoms with Crippen molar-refractivity contribution in [1.29, 1.82) is 0 Å². The lowest BCUT2D eigenvalue weighted by atomic mass is 10.1. The Kier molecular flexibility index (Phi) is 8.72. The number of nitrogens with one attached hydrogen (secondary N) is 1. The van der Waals surface area contributed by atoms with E-state index in [-0.39, 0.29) is 11.7 Å². The van der Waals surface area contributed by atoms with Crippen LogP contribution in [-0.2, 0) is 9.47 Å². The second-order valence-corrected chi connectivity index (χ2v) is 12.8. The zero-order valence-electron chi connectivity index (χ0n) is 26.5. The molecule has 45 heavy (non-hydrogen) atoms. The van der Waals surface area contributed by atoms with Crippen LogP contribution in [0.25, 0.3) is 22.2 Å².